The molecule has 0 aliphatic carbocycles. The molecule has 0 saturated heterocycles. The number of thioether (sulfide) groups is 1. The Bertz CT molecular complexity index is 1230. The largest absolute Gasteiger partial charge is 0.496 e. The summed E-state index contributed by atoms with van der Waals surface area (Å²) in [5.74, 6) is 1.10. The van der Waals surface area contributed by atoms with E-state index in [-0.39, 0.29) is 10.7 Å². The van der Waals surface area contributed by atoms with E-state index in [1.807, 2.05) is 23.6 Å². The predicted octanol–water partition coefficient (Wildman–Crippen LogP) is 6.59. The highest BCUT2D eigenvalue weighted by atomic mass is 79.9. The number of hydrogen-bond acceptors (Lipinski definition) is 6. The number of thiazole rings is 1. The van der Waals surface area contributed by atoms with Gasteiger partial charge in [0.15, 0.2) is 10.8 Å². The second-order valence-electron chi connectivity index (χ2n) is 6.03. The van der Waals surface area contributed by atoms with Gasteiger partial charge < -0.3 is 4.74 Å². The minimum absolute atomic E-state index is 0.109. The van der Waals surface area contributed by atoms with Crippen molar-refractivity contribution in [2.24, 2.45) is 0 Å². The molecule has 0 unspecified atom stereocenters. The molecule has 3 heterocycles. The van der Waals surface area contributed by atoms with Crippen molar-refractivity contribution in [3.8, 4) is 16.3 Å². The molecule has 0 N–H and O–H groups in total. The lowest BCUT2D eigenvalue weighted by Crippen LogP contribution is -2.07. The summed E-state index contributed by atoms with van der Waals surface area (Å²) in [5.41, 5.74) is 0.920. The zero-order valence-corrected chi connectivity index (χ0v) is 19.0. The monoisotopic (exact) mass is 534 g/mol. The van der Waals surface area contributed by atoms with E-state index in [0.717, 1.165) is 33.0 Å². The van der Waals surface area contributed by atoms with Crippen LogP contribution < -0.4 is 4.74 Å². The average Bonchev–Trinajstić information content (AvgIpc) is 3.33. The van der Waals surface area contributed by atoms with Gasteiger partial charge in [-0.05, 0) is 24.3 Å². The lowest BCUT2D eigenvalue weighted by Gasteiger charge is -2.08. The molecule has 4 rings (SSSR count). The Kier molecular flexibility index (Phi) is 5.97. The molecule has 1 aromatic carbocycles. The lowest BCUT2D eigenvalue weighted by molar-refractivity contribution is -0.137. The number of benzene rings is 1. The van der Waals surface area contributed by atoms with Crippen LogP contribution in [0.4, 0.5) is 13.2 Å². The number of hydrogen-bond donors (Lipinski definition) is 0. The van der Waals surface area contributed by atoms with Gasteiger partial charge in [0.2, 0.25) is 0 Å². The second-order valence-corrected chi connectivity index (χ2v) is 9.15. The van der Waals surface area contributed by atoms with E-state index in [9.17, 15) is 13.2 Å². The fourth-order valence-corrected chi connectivity index (χ4v) is 5.02. The fourth-order valence-electron chi connectivity index (χ4n) is 2.67. The maximum Gasteiger partial charge on any atom is 0.417 e. The number of rotatable bonds is 5. The Balaban J connectivity index is 1.59. The molecule has 5 nitrogen and oxygen atoms in total. The van der Waals surface area contributed by atoms with Gasteiger partial charge in [-0.1, -0.05) is 39.3 Å². The van der Waals surface area contributed by atoms with Crippen molar-refractivity contribution < 1.29 is 17.9 Å². The van der Waals surface area contributed by atoms with E-state index in [0.29, 0.717) is 16.7 Å². The third kappa shape index (κ3) is 4.29. The first-order valence-corrected chi connectivity index (χ1v) is 11.3. The van der Waals surface area contributed by atoms with Crippen LogP contribution in [-0.4, -0.2) is 26.7 Å². The standard InChI is InChI=1S/C18H11BrClF3N4OS2/c1-28-14-3-2-10(19)5-12(14)16-24-11(7-29-16)8-30-17-26-25-15-13(20)4-9(6-27(15)17)18(21,22)23/h2-7H,8H2,1H3. The fraction of sp³-hybridized carbons (Fsp3) is 0.167. The van der Waals surface area contributed by atoms with E-state index >= 15 is 0 Å². The predicted molar refractivity (Wildman–Crippen MR) is 114 cm³/mol. The van der Waals surface area contributed by atoms with Crippen molar-refractivity contribution in [1.82, 2.24) is 19.6 Å². The molecule has 12 heteroatoms. The summed E-state index contributed by atoms with van der Waals surface area (Å²) in [6.45, 7) is 0. The van der Waals surface area contributed by atoms with Gasteiger partial charge in [-0.3, -0.25) is 4.40 Å². The zero-order valence-electron chi connectivity index (χ0n) is 15.1. The first-order chi connectivity index (χ1) is 14.3. The van der Waals surface area contributed by atoms with E-state index < -0.39 is 11.7 Å². The molecule has 30 heavy (non-hydrogen) atoms. The summed E-state index contributed by atoms with van der Waals surface area (Å²) in [6, 6.07) is 6.49. The number of aromatic nitrogens is 4. The van der Waals surface area contributed by atoms with Crippen LogP contribution >= 0.6 is 50.6 Å². The molecule has 0 aliphatic heterocycles. The summed E-state index contributed by atoms with van der Waals surface area (Å²) >= 11 is 12.1. The van der Waals surface area contributed by atoms with Crippen LogP contribution in [0.25, 0.3) is 16.2 Å². The highest BCUT2D eigenvalue weighted by Gasteiger charge is 2.32. The Morgan fingerprint density at radius 3 is 2.80 bits per heavy atom. The van der Waals surface area contributed by atoms with Crippen molar-refractivity contribution >= 4 is 56.3 Å². The Labute approximate surface area is 190 Å². The van der Waals surface area contributed by atoms with Crippen LogP contribution in [0.3, 0.4) is 0 Å². The van der Waals surface area contributed by atoms with Gasteiger partial charge in [0.1, 0.15) is 10.8 Å². The molecule has 0 fully saturated rings. The molecule has 0 spiro atoms. The van der Waals surface area contributed by atoms with Crippen molar-refractivity contribution in [2.45, 2.75) is 17.1 Å². The number of pyridine rings is 1. The van der Waals surface area contributed by atoms with E-state index in [4.69, 9.17) is 16.3 Å². The molecule has 4 aromatic rings. The van der Waals surface area contributed by atoms with E-state index in [1.54, 1.807) is 7.11 Å². The summed E-state index contributed by atoms with van der Waals surface area (Å²) in [6.07, 6.45) is -3.57. The summed E-state index contributed by atoms with van der Waals surface area (Å²) in [4.78, 5) is 4.62. The van der Waals surface area contributed by atoms with E-state index in [2.05, 4.69) is 31.1 Å². The first kappa shape index (κ1) is 21.4. The Hall–Kier alpha value is -1.82. The average molecular weight is 536 g/mol. The van der Waals surface area contributed by atoms with Crippen LogP contribution in [0.2, 0.25) is 5.02 Å². The molecule has 0 bridgehead atoms. The van der Waals surface area contributed by atoms with Crippen LogP contribution in [0.5, 0.6) is 5.75 Å². The zero-order chi connectivity index (χ0) is 21.5. The number of nitrogens with zero attached hydrogens (tertiary/aromatic N) is 4. The SMILES string of the molecule is COc1ccc(Br)cc1-c1nc(CSc2nnc3c(Cl)cc(C(F)(F)F)cn23)cs1. The van der Waals surface area contributed by atoms with Gasteiger partial charge in [-0.25, -0.2) is 4.98 Å². The molecule has 156 valence electrons. The summed E-state index contributed by atoms with van der Waals surface area (Å²) in [5, 5.41) is 10.7. The topological polar surface area (TPSA) is 52.3 Å². The minimum Gasteiger partial charge on any atom is -0.496 e. The van der Waals surface area contributed by atoms with Gasteiger partial charge in [0, 0.05) is 21.8 Å². The third-order valence-electron chi connectivity index (χ3n) is 4.05. The molecule has 0 atom stereocenters. The lowest BCUT2D eigenvalue weighted by atomic mass is 10.2. The van der Waals surface area contributed by atoms with Crippen molar-refractivity contribution in [3.05, 3.63) is 56.6 Å². The molecule has 0 radical (unpaired) electrons. The molecule has 0 saturated carbocycles. The van der Waals surface area contributed by atoms with Crippen LogP contribution in [0.15, 0.2) is 45.5 Å². The number of halogens is 5. The van der Waals surface area contributed by atoms with Gasteiger partial charge in [0.05, 0.1) is 29.0 Å². The van der Waals surface area contributed by atoms with Gasteiger partial charge in [-0.2, -0.15) is 13.2 Å². The second kappa shape index (κ2) is 8.37. The highest BCUT2D eigenvalue weighted by molar-refractivity contribution is 9.10. The molecular formula is C18H11BrClF3N4OS2. The quantitative estimate of drug-likeness (QED) is 0.270. The smallest absolute Gasteiger partial charge is 0.417 e. The van der Waals surface area contributed by atoms with Crippen LogP contribution in [-0.2, 0) is 11.9 Å². The van der Waals surface area contributed by atoms with Crippen molar-refractivity contribution in [1.29, 1.82) is 0 Å². The van der Waals surface area contributed by atoms with Crippen LogP contribution in [0.1, 0.15) is 11.3 Å². The Morgan fingerprint density at radius 2 is 2.07 bits per heavy atom. The first-order valence-electron chi connectivity index (χ1n) is 8.29. The Morgan fingerprint density at radius 1 is 1.27 bits per heavy atom. The maximum absolute atomic E-state index is 13.1. The number of methoxy groups -OCH3 is 1. The summed E-state index contributed by atoms with van der Waals surface area (Å²) < 4.78 is 46.8. The maximum atomic E-state index is 13.1. The third-order valence-corrected chi connectivity index (χ3v) is 6.72. The van der Waals surface area contributed by atoms with Gasteiger partial charge in [0.25, 0.3) is 0 Å². The van der Waals surface area contributed by atoms with Gasteiger partial charge >= 0.3 is 6.18 Å². The normalized spacial score (nSPS) is 11.9. The number of fused-ring (bicyclic) bond motifs is 1. The van der Waals surface area contributed by atoms with Crippen molar-refractivity contribution in [2.75, 3.05) is 7.11 Å². The van der Waals surface area contributed by atoms with Crippen molar-refractivity contribution in [3.63, 3.8) is 0 Å². The molecule has 0 amide bonds. The molecular weight excluding hydrogens is 525 g/mol. The molecule has 3 aromatic heterocycles. The minimum atomic E-state index is -4.52. The number of ether oxygens (including phenoxy) is 1. The molecule has 0 aliphatic rings. The highest BCUT2D eigenvalue weighted by Crippen LogP contribution is 2.36. The van der Waals surface area contributed by atoms with Crippen LogP contribution in [0, 0.1) is 0 Å². The number of alkyl halides is 3. The summed E-state index contributed by atoms with van der Waals surface area (Å²) in [7, 11) is 1.59. The van der Waals surface area contributed by atoms with Gasteiger partial charge in [-0.15, -0.1) is 21.5 Å². The van der Waals surface area contributed by atoms with E-state index in [1.165, 1.54) is 27.5 Å².